The van der Waals surface area contributed by atoms with E-state index in [4.69, 9.17) is 4.74 Å². The van der Waals surface area contributed by atoms with Crippen molar-refractivity contribution >= 4 is 29.1 Å². The molecule has 168 valence electrons. The molecule has 2 saturated heterocycles. The van der Waals surface area contributed by atoms with Crippen molar-refractivity contribution in [1.29, 1.82) is 0 Å². The van der Waals surface area contributed by atoms with Gasteiger partial charge in [0.05, 0.1) is 24.8 Å². The Morgan fingerprint density at radius 1 is 1.03 bits per heavy atom. The van der Waals surface area contributed by atoms with Crippen LogP contribution >= 0.6 is 0 Å². The average molecular weight is 436 g/mol. The molecule has 32 heavy (non-hydrogen) atoms. The van der Waals surface area contributed by atoms with E-state index >= 15 is 0 Å². The van der Waals surface area contributed by atoms with Gasteiger partial charge in [0.2, 0.25) is 11.8 Å². The van der Waals surface area contributed by atoms with Gasteiger partial charge in [0, 0.05) is 11.6 Å². The van der Waals surface area contributed by atoms with Gasteiger partial charge in [-0.3, -0.25) is 19.3 Å². The summed E-state index contributed by atoms with van der Waals surface area (Å²) in [4.78, 5) is 41.6. The van der Waals surface area contributed by atoms with Gasteiger partial charge in [-0.2, -0.15) is 0 Å². The molecule has 2 aromatic rings. The van der Waals surface area contributed by atoms with Crippen LogP contribution in [0, 0.1) is 5.92 Å². The molecule has 0 saturated carbocycles. The lowest BCUT2D eigenvalue weighted by molar-refractivity contribution is -0.123. The van der Waals surface area contributed by atoms with E-state index in [1.54, 1.807) is 24.3 Å². The molecule has 0 bridgehead atoms. The van der Waals surface area contributed by atoms with Crippen LogP contribution in [0.5, 0.6) is 5.75 Å². The third kappa shape index (κ3) is 4.83. The highest BCUT2D eigenvalue weighted by Gasteiger charge is 2.43. The molecule has 7 heteroatoms. The maximum atomic E-state index is 13.1. The Labute approximate surface area is 188 Å². The number of imide groups is 1. The average Bonchev–Trinajstić information content (AvgIpc) is 3.12. The van der Waals surface area contributed by atoms with Crippen LogP contribution in [0.2, 0.25) is 0 Å². The van der Waals surface area contributed by atoms with Crippen LogP contribution in [0.3, 0.4) is 0 Å². The lowest BCUT2D eigenvalue weighted by Crippen LogP contribution is -2.47. The smallest absolute Gasteiger partial charge is 0.251 e. The zero-order chi connectivity index (χ0) is 22.5. The van der Waals surface area contributed by atoms with Gasteiger partial charge in [-0.05, 0) is 68.8 Å². The highest BCUT2D eigenvalue weighted by Crippen LogP contribution is 2.30. The van der Waals surface area contributed by atoms with E-state index in [1.165, 1.54) is 4.90 Å². The Kier molecular flexibility index (Phi) is 6.85. The molecule has 0 radical (unpaired) electrons. The SMILES string of the molecule is CCCOc1ccc(N2C(=O)C[C@@H](N3CCC(C(=O)Nc4ccccc4)CC3)C2=O)cc1. The Hall–Kier alpha value is -3.19. The second-order valence-corrected chi connectivity index (χ2v) is 8.30. The summed E-state index contributed by atoms with van der Waals surface area (Å²) in [7, 11) is 0. The maximum Gasteiger partial charge on any atom is 0.251 e. The van der Waals surface area contributed by atoms with Crippen LogP contribution in [-0.2, 0) is 14.4 Å². The van der Waals surface area contributed by atoms with Crippen LogP contribution in [0.25, 0.3) is 0 Å². The van der Waals surface area contributed by atoms with E-state index in [9.17, 15) is 14.4 Å². The van der Waals surface area contributed by atoms with E-state index in [1.807, 2.05) is 42.2 Å². The molecule has 2 aromatic carbocycles. The Morgan fingerprint density at radius 3 is 2.38 bits per heavy atom. The first-order chi connectivity index (χ1) is 15.6. The van der Waals surface area contributed by atoms with Crippen molar-refractivity contribution in [2.45, 2.75) is 38.6 Å². The molecule has 0 aliphatic carbocycles. The monoisotopic (exact) mass is 435 g/mol. The quantitative estimate of drug-likeness (QED) is 0.674. The van der Waals surface area contributed by atoms with Crippen LogP contribution in [-0.4, -0.2) is 48.4 Å². The molecular weight excluding hydrogens is 406 g/mol. The Balaban J connectivity index is 1.34. The van der Waals surface area contributed by atoms with Gasteiger partial charge in [0.25, 0.3) is 5.91 Å². The van der Waals surface area contributed by atoms with Crippen molar-refractivity contribution in [2.24, 2.45) is 5.92 Å². The topological polar surface area (TPSA) is 79.0 Å². The van der Waals surface area contributed by atoms with Crippen molar-refractivity contribution in [2.75, 3.05) is 29.9 Å². The van der Waals surface area contributed by atoms with Gasteiger partial charge in [0.15, 0.2) is 0 Å². The molecule has 0 spiro atoms. The third-order valence-electron chi connectivity index (χ3n) is 6.07. The van der Waals surface area contributed by atoms with Crippen molar-refractivity contribution in [3.63, 3.8) is 0 Å². The molecule has 1 atom stereocenters. The van der Waals surface area contributed by atoms with Gasteiger partial charge < -0.3 is 10.1 Å². The number of likely N-dealkylation sites (tertiary alicyclic amines) is 1. The first kappa shape index (κ1) is 22.0. The number of ether oxygens (including phenoxy) is 1. The number of carbonyl (C=O) groups excluding carboxylic acids is 3. The fraction of sp³-hybridized carbons (Fsp3) is 0.400. The summed E-state index contributed by atoms with van der Waals surface area (Å²) in [5.41, 5.74) is 1.36. The second kappa shape index (κ2) is 9.96. The predicted molar refractivity (Wildman–Crippen MR) is 122 cm³/mol. The summed E-state index contributed by atoms with van der Waals surface area (Å²) >= 11 is 0. The predicted octanol–water partition coefficient (Wildman–Crippen LogP) is 3.46. The maximum absolute atomic E-state index is 13.1. The third-order valence-corrected chi connectivity index (χ3v) is 6.07. The van der Waals surface area contributed by atoms with Crippen molar-refractivity contribution in [3.8, 4) is 5.75 Å². The number of carbonyl (C=O) groups is 3. The zero-order valence-electron chi connectivity index (χ0n) is 18.3. The number of nitrogens with one attached hydrogen (secondary N) is 1. The number of hydrogen-bond donors (Lipinski definition) is 1. The minimum Gasteiger partial charge on any atom is -0.494 e. The number of rotatable bonds is 7. The second-order valence-electron chi connectivity index (χ2n) is 8.30. The molecule has 3 amide bonds. The van der Waals surface area contributed by atoms with Crippen LogP contribution in [0.15, 0.2) is 54.6 Å². The lowest BCUT2D eigenvalue weighted by atomic mass is 9.94. The Morgan fingerprint density at radius 2 is 1.72 bits per heavy atom. The molecule has 2 fully saturated rings. The Bertz CT molecular complexity index is 953. The molecule has 7 nitrogen and oxygen atoms in total. The normalized spacial score (nSPS) is 19.9. The number of nitrogens with zero attached hydrogens (tertiary/aromatic N) is 2. The molecule has 1 N–H and O–H groups in total. The van der Waals surface area contributed by atoms with E-state index in [0.29, 0.717) is 38.2 Å². The molecule has 0 unspecified atom stereocenters. The van der Waals surface area contributed by atoms with Crippen LogP contribution in [0.4, 0.5) is 11.4 Å². The largest absolute Gasteiger partial charge is 0.494 e. The summed E-state index contributed by atoms with van der Waals surface area (Å²) in [5, 5.41) is 2.96. The number of piperidine rings is 1. The van der Waals surface area contributed by atoms with Crippen molar-refractivity contribution in [1.82, 2.24) is 4.90 Å². The van der Waals surface area contributed by atoms with Gasteiger partial charge >= 0.3 is 0 Å². The number of hydrogen-bond acceptors (Lipinski definition) is 5. The summed E-state index contributed by atoms with van der Waals surface area (Å²) in [6.07, 6.45) is 2.42. The van der Waals surface area contributed by atoms with Crippen molar-refractivity contribution in [3.05, 3.63) is 54.6 Å². The van der Waals surface area contributed by atoms with Gasteiger partial charge in [-0.1, -0.05) is 25.1 Å². The zero-order valence-corrected chi connectivity index (χ0v) is 18.3. The molecule has 2 aliphatic rings. The highest BCUT2D eigenvalue weighted by atomic mass is 16.5. The number of anilines is 2. The summed E-state index contributed by atoms with van der Waals surface area (Å²) in [5.74, 6) is 0.264. The molecular formula is C25H29N3O4. The molecule has 2 heterocycles. The van der Waals surface area contributed by atoms with Gasteiger partial charge in [-0.25, -0.2) is 4.90 Å². The molecule has 2 aliphatic heterocycles. The minimum absolute atomic E-state index is 0.0108. The molecule has 0 aromatic heterocycles. The number of amides is 3. The summed E-state index contributed by atoms with van der Waals surface area (Å²) in [6.45, 7) is 3.90. The van der Waals surface area contributed by atoms with Gasteiger partial charge in [-0.15, -0.1) is 0 Å². The standard InChI is InChI=1S/C25H29N3O4/c1-2-16-32-21-10-8-20(9-11-21)28-23(29)17-22(25(28)31)27-14-12-18(13-15-27)24(30)26-19-6-4-3-5-7-19/h3-11,18,22H,2,12-17H2,1H3,(H,26,30)/t22-/m1/s1. The highest BCUT2D eigenvalue weighted by molar-refractivity contribution is 6.22. The first-order valence-corrected chi connectivity index (χ1v) is 11.3. The van der Waals surface area contributed by atoms with E-state index in [0.717, 1.165) is 17.9 Å². The number of para-hydroxylation sites is 1. The van der Waals surface area contributed by atoms with E-state index < -0.39 is 6.04 Å². The first-order valence-electron chi connectivity index (χ1n) is 11.3. The molecule has 4 rings (SSSR count). The summed E-state index contributed by atoms with van der Waals surface area (Å²) < 4.78 is 5.58. The minimum atomic E-state index is -0.461. The van der Waals surface area contributed by atoms with E-state index in [2.05, 4.69) is 5.32 Å². The van der Waals surface area contributed by atoms with Crippen LogP contribution in [0.1, 0.15) is 32.6 Å². The fourth-order valence-corrected chi connectivity index (χ4v) is 4.32. The lowest BCUT2D eigenvalue weighted by Gasteiger charge is -2.34. The van der Waals surface area contributed by atoms with Gasteiger partial charge in [0.1, 0.15) is 5.75 Å². The fourth-order valence-electron chi connectivity index (χ4n) is 4.32. The number of benzene rings is 2. The van der Waals surface area contributed by atoms with Crippen LogP contribution < -0.4 is 15.0 Å². The summed E-state index contributed by atoms with van der Waals surface area (Å²) in [6, 6.07) is 16.0. The van der Waals surface area contributed by atoms with E-state index in [-0.39, 0.29) is 30.1 Å². The van der Waals surface area contributed by atoms with Crippen molar-refractivity contribution < 1.29 is 19.1 Å².